The molecule has 0 spiro atoms. The Kier molecular flexibility index (Phi) is 2.68. The van der Waals surface area contributed by atoms with Crippen LogP contribution in [0, 0.1) is 5.41 Å². The molecule has 1 atom stereocenters. The Morgan fingerprint density at radius 1 is 1.39 bits per heavy atom. The molecule has 1 aromatic rings. The molecule has 2 aliphatic rings. The van der Waals surface area contributed by atoms with Crippen LogP contribution in [-0.2, 0) is 0 Å². The zero-order valence-electron chi connectivity index (χ0n) is 11.1. The first kappa shape index (κ1) is 11.8. The smallest absolute Gasteiger partial charge is 0.293 e. The van der Waals surface area contributed by atoms with E-state index < -0.39 is 0 Å². The Morgan fingerprint density at radius 3 is 2.78 bits per heavy atom. The third kappa shape index (κ3) is 2.28. The molecule has 1 N–H and O–H groups in total. The molecule has 2 fully saturated rings. The molecule has 0 aliphatic heterocycles. The Labute approximate surface area is 107 Å². The molecule has 1 heterocycles. The molecule has 4 heteroatoms. The van der Waals surface area contributed by atoms with Crippen LogP contribution in [0.4, 0.5) is 5.82 Å². The van der Waals surface area contributed by atoms with Gasteiger partial charge in [-0.2, -0.15) is 0 Å². The van der Waals surface area contributed by atoms with Gasteiger partial charge in [-0.3, -0.25) is 4.79 Å². The van der Waals surface area contributed by atoms with Crippen LogP contribution in [0.3, 0.4) is 0 Å². The molecular weight excluding hydrogens is 226 g/mol. The molecule has 0 radical (unpaired) electrons. The van der Waals surface area contributed by atoms with Gasteiger partial charge in [0.15, 0.2) is 5.82 Å². The van der Waals surface area contributed by atoms with Crippen molar-refractivity contribution in [3.05, 3.63) is 22.7 Å². The summed E-state index contributed by atoms with van der Waals surface area (Å²) in [5, 5.41) is 3.34. The van der Waals surface area contributed by atoms with E-state index in [1.165, 1.54) is 6.42 Å². The van der Waals surface area contributed by atoms with E-state index in [0.717, 1.165) is 25.7 Å². The molecular formula is C14H21N3O. The van der Waals surface area contributed by atoms with E-state index in [1.54, 1.807) is 6.20 Å². The fourth-order valence-electron chi connectivity index (χ4n) is 2.92. The molecule has 0 bridgehead atoms. The van der Waals surface area contributed by atoms with Gasteiger partial charge in [0, 0.05) is 24.5 Å². The van der Waals surface area contributed by atoms with E-state index in [9.17, 15) is 4.79 Å². The summed E-state index contributed by atoms with van der Waals surface area (Å²) in [6.45, 7) is 4.57. The van der Waals surface area contributed by atoms with Crippen molar-refractivity contribution in [1.82, 2.24) is 9.55 Å². The second kappa shape index (κ2) is 4.11. The van der Waals surface area contributed by atoms with Crippen molar-refractivity contribution >= 4 is 5.82 Å². The highest BCUT2D eigenvalue weighted by molar-refractivity contribution is 5.33. The highest BCUT2D eigenvalue weighted by Gasteiger charge is 2.32. The van der Waals surface area contributed by atoms with E-state index in [2.05, 4.69) is 24.1 Å². The average Bonchev–Trinajstić information content (AvgIpc) is 3.08. The lowest BCUT2D eigenvalue weighted by atomic mass is 9.92. The zero-order chi connectivity index (χ0) is 12.8. The van der Waals surface area contributed by atoms with Crippen molar-refractivity contribution in [3.8, 4) is 0 Å². The number of hydrogen-bond acceptors (Lipinski definition) is 3. The molecule has 18 heavy (non-hydrogen) atoms. The predicted octanol–water partition coefficient (Wildman–Crippen LogP) is 2.57. The van der Waals surface area contributed by atoms with Crippen LogP contribution in [-0.4, -0.2) is 15.6 Å². The molecule has 2 aliphatic carbocycles. The highest BCUT2D eigenvalue weighted by atomic mass is 16.1. The summed E-state index contributed by atoms with van der Waals surface area (Å²) in [6, 6.07) is 0.816. The molecule has 0 saturated heterocycles. The fraction of sp³-hybridized carbons (Fsp3) is 0.714. The lowest BCUT2D eigenvalue weighted by Gasteiger charge is -2.18. The standard InChI is InChI=1S/C14H21N3O/c1-14(2)6-5-10(9-14)16-12-13(18)17(8-7-15-12)11-3-4-11/h7-8,10-11H,3-6,9H2,1-2H3,(H,15,16). The van der Waals surface area contributed by atoms with Crippen molar-refractivity contribution in [2.45, 2.75) is 58.0 Å². The van der Waals surface area contributed by atoms with Gasteiger partial charge in [-0.1, -0.05) is 13.8 Å². The molecule has 1 aromatic heterocycles. The Morgan fingerprint density at radius 2 is 2.17 bits per heavy atom. The summed E-state index contributed by atoms with van der Waals surface area (Å²) in [7, 11) is 0. The summed E-state index contributed by atoms with van der Waals surface area (Å²) in [4.78, 5) is 16.5. The van der Waals surface area contributed by atoms with Crippen LogP contribution in [0.1, 0.15) is 52.0 Å². The molecule has 2 saturated carbocycles. The number of nitrogens with one attached hydrogen (secondary N) is 1. The number of rotatable bonds is 3. The van der Waals surface area contributed by atoms with Crippen molar-refractivity contribution in [1.29, 1.82) is 0 Å². The van der Waals surface area contributed by atoms with Gasteiger partial charge < -0.3 is 9.88 Å². The lowest BCUT2D eigenvalue weighted by molar-refractivity contribution is 0.378. The normalized spacial score (nSPS) is 26.2. The van der Waals surface area contributed by atoms with E-state index in [0.29, 0.717) is 23.3 Å². The van der Waals surface area contributed by atoms with Crippen LogP contribution in [0.25, 0.3) is 0 Å². The predicted molar refractivity (Wildman–Crippen MR) is 71.8 cm³/mol. The first-order valence-electron chi connectivity index (χ1n) is 6.89. The molecule has 4 nitrogen and oxygen atoms in total. The number of nitrogens with zero attached hydrogens (tertiary/aromatic N) is 2. The topological polar surface area (TPSA) is 46.9 Å². The number of anilines is 1. The first-order chi connectivity index (χ1) is 8.55. The maximum absolute atomic E-state index is 12.2. The van der Waals surface area contributed by atoms with Crippen molar-refractivity contribution < 1.29 is 0 Å². The number of aromatic nitrogens is 2. The number of hydrogen-bond donors (Lipinski definition) is 1. The molecule has 98 valence electrons. The maximum Gasteiger partial charge on any atom is 0.293 e. The summed E-state index contributed by atoms with van der Waals surface area (Å²) in [5.41, 5.74) is 0.437. The van der Waals surface area contributed by atoms with Crippen molar-refractivity contribution in [2.75, 3.05) is 5.32 Å². The van der Waals surface area contributed by atoms with Gasteiger partial charge in [0.1, 0.15) is 0 Å². The van der Waals surface area contributed by atoms with Gasteiger partial charge in [0.2, 0.25) is 0 Å². The second-order valence-electron chi connectivity index (χ2n) is 6.47. The summed E-state index contributed by atoms with van der Waals surface area (Å²) >= 11 is 0. The van der Waals surface area contributed by atoms with Crippen LogP contribution in [0.5, 0.6) is 0 Å². The van der Waals surface area contributed by atoms with Gasteiger partial charge >= 0.3 is 0 Å². The van der Waals surface area contributed by atoms with Crippen LogP contribution >= 0.6 is 0 Å². The Balaban J connectivity index is 1.77. The van der Waals surface area contributed by atoms with Crippen molar-refractivity contribution in [3.63, 3.8) is 0 Å². The third-order valence-electron chi connectivity index (χ3n) is 4.12. The lowest BCUT2D eigenvalue weighted by Crippen LogP contribution is -2.28. The molecule has 3 rings (SSSR count). The quantitative estimate of drug-likeness (QED) is 0.893. The first-order valence-corrected chi connectivity index (χ1v) is 6.89. The second-order valence-corrected chi connectivity index (χ2v) is 6.47. The maximum atomic E-state index is 12.2. The average molecular weight is 247 g/mol. The van der Waals surface area contributed by atoms with Gasteiger partial charge in [-0.15, -0.1) is 0 Å². The minimum atomic E-state index is 0.0460. The van der Waals surface area contributed by atoms with Crippen molar-refractivity contribution in [2.24, 2.45) is 5.41 Å². The van der Waals surface area contributed by atoms with E-state index in [1.807, 2.05) is 10.8 Å². The van der Waals surface area contributed by atoms with Crippen LogP contribution < -0.4 is 10.9 Å². The fourth-order valence-corrected chi connectivity index (χ4v) is 2.92. The van der Waals surface area contributed by atoms with E-state index >= 15 is 0 Å². The van der Waals surface area contributed by atoms with Gasteiger partial charge in [-0.05, 0) is 37.5 Å². The zero-order valence-corrected chi connectivity index (χ0v) is 11.1. The minimum Gasteiger partial charge on any atom is -0.363 e. The summed E-state index contributed by atoms with van der Waals surface area (Å²) in [5.74, 6) is 0.534. The summed E-state index contributed by atoms with van der Waals surface area (Å²) < 4.78 is 1.83. The highest BCUT2D eigenvalue weighted by Crippen LogP contribution is 2.38. The molecule has 0 amide bonds. The third-order valence-corrected chi connectivity index (χ3v) is 4.12. The Hall–Kier alpha value is -1.32. The molecule has 0 aromatic carbocycles. The monoisotopic (exact) mass is 247 g/mol. The van der Waals surface area contributed by atoms with Gasteiger partial charge in [0.25, 0.3) is 5.56 Å². The minimum absolute atomic E-state index is 0.0460. The SMILES string of the molecule is CC1(C)CCC(Nc2nccn(C3CC3)c2=O)C1. The van der Waals surface area contributed by atoms with E-state index in [-0.39, 0.29) is 5.56 Å². The van der Waals surface area contributed by atoms with E-state index in [4.69, 9.17) is 0 Å². The Bertz CT molecular complexity index is 502. The van der Waals surface area contributed by atoms with Gasteiger partial charge in [0.05, 0.1) is 0 Å². The molecule has 1 unspecified atom stereocenters. The van der Waals surface area contributed by atoms with Gasteiger partial charge in [-0.25, -0.2) is 4.98 Å². The van der Waals surface area contributed by atoms with Crippen LogP contribution in [0.2, 0.25) is 0 Å². The van der Waals surface area contributed by atoms with Crippen LogP contribution in [0.15, 0.2) is 17.2 Å². The summed E-state index contributed by atoms with van der Waals surface area (Å²) in [6.07, 6.45) is 9.26. The largest absolute Gasteiger partial charge is 0.363 e.